The van der Waals surface area contributed by atoms with Crippen LogP contribution in [0.25, 0.3) is 0 Å². The summed E-state index contributed by atoms with van der Waals surface area (Å²) in [7, 11) is 0. The zero-order valence-electron chi connectivity index (χ0n) is 12.1. The average Bonchev–Trinajstić information content (AvgIpc) is 2.38. The van der Waals surface area contributed by atoms with Gasteiger partial charge in [-0.25, -0.2) is 18.4 Å². The first-order valence-electron chi connectivity index (χ1n) is 6.54. The Morgan fingerprint density at radius 1 is 1.29 bits per heavy atom. The Labute approximate surface area is 121 Å². The summed E-state index contributed by atoms with van der Waals surface area (Å²) in [5, 5.41) is 11.1. The summed E-state index contributed by atoms with van der Waals surface area (Å²) in [6.07, 6.45) is 0. The molecule has 1 rings (SSSR count). The first-order chi connectivity index (χ1) is 9.76. The van der Waals surface area contributed by atoms with Gasteiger partial charge in [-0.05, 0) is 18.9 Å². The quantitative estimate of drug-likeness (QED) is 0.877. The highest BCUT2D eigenvalue weighted by Crippen LogP contribution is 2.20. The van der Waals surface area contributed by atoms with Gasteiger partial charge in [0.25, 0.3) is 0 Å². The topological polar surface area (TPSA) is 69.6 Å². The third kappa shape index (κ3) is 4.40. The molecule has 0 heterocycles. The number of carbonyl (C=O) groups excluding carboxylic acids is 1. The van der Waals surface area contributed by atoms with Crippen LogP contribution in [0.3, 0.4) is 0 Å². The van der Waals surface area contributed by atoms with Crippen molar-refractivity contribution in [1.82, 2.24) is 4.90 Å². The molecule has 0 saturated carbocycles. The van der Waals surface area contributed by atoms with Crippen molar-refractivity contribution in [3.05, 3.63) is 29.3 Å². The number of anilines is 1. The van der Waals surface area contributed by atoms with Crippen LogP contribution in [-0.4, -0.2) is 35.1 Å². The molecule has 0 aromatic heterocycles. The SMILES string of the molecule is CCN(CC(C)C)C(=O)Nc1cc(C(=O)O)c(F)cc1F. The number of hydrogen-bond donors (Lipinski definition) is 2. The molecule has 0 aliphatic carbocycles. The van der Waals surface area contributed by atoms with E-state index in [1.54, 1.807) is 6.92 Å². The van der Waals surface area contributed by atoms with Crippen molar-refractivity contribution in [2.45, 2.75) is 20.8 Å². The number of benzene rings is 1. The van der Waals surface area contributed by atoms with Crippen LogP contribution in [0.15, 0.2) is 12.1 Å². The molecule has 1 aromatic carbocycles. The van der Waals surface area contributed by atoms with Gasteiger partial charge in [0.1, 0.15) is 11.6 Å². The van der Waals surface area contributed by atoms with Crippen LogP contribution in [-0.2, 0) is 0 Å². The molecule has 0 bridgehead atoms. The van der Waals surface area contributed by atoms with E-state index in [4.69, 9.17) is 5.11 Å². The minimum absolute atomic E-state index is 0.225. The van der Waals surface area contributed by atoms with Crippen molar-refractivity contribution in [2.75, 3.05) is 18.4 Å². The third-order valence-corrected chi connectivity index (χ3v) is 2.78. The number of halogens is 2. The van der Waals surface area contributed by atoms with Gasteiger partial charge in [0.05, 0.1) is 11.3 Å². The van der Waals surface area contributed by atoms with E-state index in [0.29, 0.717) is 19.2 Å². The molecule has 0 unspecified atom stereocenters. The van der Waals surface area contributed by atoms with Gasteiger partial charge in [-0.2, -0.15) is 0 Å². The van der Waals surface area contributed by atoms with Gasteiger partial charge >= 0.3 is 12.0 Å². The number of amides is 2. The van der Waals surface area contributed by atoms with E-state index < -0.39 is 29.2 Å². The van der Waals surface area contributed by atoms with Crippen LogP contribution in [0.1, 0.15) is 31.1 Å². The highest BCUT2D eigenvalue weighted by Gasteiger charge is 2.19. The van der Waals surface area contributed by atoms with Gasteiger partial charge in [-0.15, -0.1) is 0 Å². The molecule has 2 amide bonds. The van der Waals surface area contributed by atoms with E-state index in [2.05, 4.69) is 5.32 Å². The maximum absolute atomic E-state index is 13.6. The number of nitrogens with one attached hydrogen (secondary N) is 1. The predicted octanol–water partition coefficient (Wildman–Crippen LogP) is 3.17. The lowest BCUT2D eigenvalue weighted by molar-refractivity contribution is 0.0691. The highest BCUT2D eigenvalue weighted by molar-refractivity contribution is 5.93. The van der Waals surface area contributed by atoms with Gasteiger partial charge in [0, 0.05) is 19.2 Å². The van der Waals surface area contributed by atoms with Crippen LogP contribution < -0.4 is 5.32 Å². The summed E-state index contributed by atoms with van der Waals surface area (Å²) in [5.41, 5.74) is -1.06. The maximum atomic E-state index is 13.6. The van der Waals surface area contributed by atoms with Gasteiger partial charge < -0.3 is 15.3 Å². The van der Waals surface area contributed by atoms with Gasteiger partial charge in [-0.3, -0.25) is 0 Å². The third-order valence-electron chi connectivity index (χ3n) is 2.78. The van der Waals surface area contributed by atoms with Gasteiger partial charge in [0.15, 0.2) is 0 Å². The van der Waals surface area contributed by atoms with Crippen molar-refractivity contribution in [3.8, 4) is 0 Å². The number of carboxylic acid groups (broad SMARTS) is 1. The number of urea groups is 1. The van der Waals surface area contributed by atoms with Crippen molar-refractivity contribution < 1.29 is 23.5 Å². The second-order valence-corrected chi connectivity index (χ2v) is 4.98. The summed E-state index contributed by atoms with van der Waals surface area (Å²) in [6, 6.07) is 0.652. The van der Waals surface area contributed by atoms with Gasteiger partial charge in [-0.1, -0.05) is 13.8 Å². The molecule has 5 nitrogen and oxygen atoms in total. The number of hydrogen-bond acceptors (Lipinski definition) is 2. The number of carbonyl (C=O) groups is 2. The molecule has 2 N–H and O–H groups in total. The summed E-state index contributed by atoms with van der Waals surface area (Å²) in [5.74, 6) is -3.51. The lowest BCUT2D eigenvalue weighted by Crippen LogP contribution is -2.37. The smallest absolute Gasteiger partial charge is 0.338 e. The Kier molecular flexibility index (Phi) is 5.63. The summed E-state index contributed by atoms with van der Waals surface area (Å²) < 4.78 is 26.9. The second kappa shape index (κ2) is 7.01. The van der Waals surface area contributed by atoms with Crippen LogP contribution in [0.5, 0.6) is 0 Å². The highest BCUT2D eigenvalue weighted by atomic mass is 19.1. The van der Waals surface area contributed by atoms with Crippen molar-refractivity contribution in [1.29, 1.82) is 0 Å². The molecule has 0 atom stereocenters. The van der Waals surface area contributed by atoms with Crippen LogP contribution >= 0.6 is 0 Å². The Morgan fingerprint density at radius 3 is 2.38 bits per heavy atom. The fourth-order valence-electron chi connectivity index (χ4n) is 1.80. The minimum atomic E-state index is -1.53. The predicted molar refractivity (Wildman–Crippen MR) is 74.4 cm³/mol. The zero-order valence-corrected chi connectivity index (χ0v) is 12.1. The minimum Gasteiger partial charge on any atom is -0.478 e. The molecule has 0 saturated heterocycles. The monoisotopic (exact) mass is 300 g/mol. The number of carboxylic acids is 1. The Morgan fingerprint density at radius 2 is 1.90 bits per heavy atom. The Bertz CT molecular complexity index is 547. The van der Waals surface area contributed by atoms with E-state index >= 15 is 0 Å². The Balaban J connectivity index is 2.99. The molecular formula is C14H18F2N2O3. The fraction of sp³-hybridized carbons (Fsp3) is 0.429. The average molecular weight is 300 g/mol. The molecule has 0 spiro atoms. The summed E-state index contributed by atoms with van der Waals surface area (Å²) in [4.78, 5) is 24.3. The van der Waals surface area contributed by atoms with Crippen molar-refractivity contribution >= 4 is 17.7 Å². The molecule has 0 fully saturated rings. The lowest BCUT2D eigenvalue weighted by atomic mass is 10.1. The largest absolute Gasteiger partial charge is 0.478 e. The zero-order chi connectivity index (χ0) is 16.2. The van der Waals surface area contributed by atoms with E-state index in [1.807, 2.05) is 13.8 Å². The molecule has 0 aliphatic rings. The molecular weight excluding hydrogens is 282 g/mol. The maximum Gasteiger partial charge on any atom is 0.338 e. The van der Waals surface area contributed by atoms with Crippen molar-refractivity contribution in [2.24, 2.45) is 5.92 Å². The van der Waals surface area contributed by atoms with E-state index in [1.165, 1.54) is 4.90 Å². The number of rotatable bonds is 5. The molecule has 0 radical (unpaired) electrons. The number of aromatic carboxylic acids is 1. The molecule has 0 aliphatic heterocycles. The lowest BCUT2D eigenvalue weighted by Gasteiger charge is -2.23. The van der Waals surface area contributed by atoms with Crippen LogP contribution in [0, 0.1) is 17.6 Å². The molecule has 7 heteroatoms. The normalized spacial score (nSPS) is 10.6. The fourth-order valence-corrected chi connectivity index (χ4v) is 1.80. The molecule has 116 valence electrons. The second-order valence-electron chi connectivity index (χ2n) is 4.98. The van der Waals surface area contributed by atoms with E-state index in [-0.39, 0.29) is 11.6 Å². The summed E-state index contributed by atoms with van der Waals surface area (Å²) >= 11 is 0. The number of nitrogens with zero attached hydrogens (tertiary/aromatic N) is 1. The van der Waals surface area contributed by atoms with Crippen molar-refractivity contribution in [3.63, 3.8) is 0 Å². The summed E-state index contributed by atoms with van der Waals surface area (Å²) in [6.45, 7) is 6.51. The standard InChI is InChI=1S/C14H18F2N2O3/c1-4-18(7-8(2)3)14(21)17-12-5-9(13(19)20)10(15)6-11(12)16/h5-6,8H,4,7H2,1-3H3,(H,17,21)(H,19,20). The molecule has 1 aromatic rings. The van der Waals surface area contributed by atoms with Crippen LogP contribution in [0.4, 0.5) is 19.3 Å². The van der Waals surface area contributed by atoms with Gasteiger partial charge in [0.2, 0.25) is 0 Å². The Hall–Kier alpha value is -2.18. The van der Waals surface area contributed by atoms with E-state index in [9.17, 15) is 18.4 Å². The van der Waals surface area contributed by atoms with Crippen LogP contribution in [0.2, 0.25) is 0 Å². The van der Waals surface area contributed by atoms with E-state index in [0.717, 1.165) is 6.07 Å². The first kappa shape index (κ1) is 16.9. The first-order valence-corrected chi connectivity index (χ1v) is 6.54. The molecule has 21 heavy (non-hydrogen) atoms.